The molecule has 0 atom stereocenters. The van der Waals surface area contributed by atoms with E-state index in [1.165, 1.54) is 18.2 Å². The van der Waals surface area contributed by atoms with Crippen LogP contribution in [0.1, 0.15) is 30.7 Å². The lowest BCUT2D eigenvalue weighted by molar-refractivity contribution is -0.142. The minimum Gasteiger partial charge on any atom is -0.452 e. The number of hydrogen-bond donors (Lipinski definition) is 1. The summed E-state index contributed by atoms with van der Waals surface area (Å²) in [7, 11) is 0. The third-order valence-corrected chi connectivity index (χ3v) is 4.23. The summed E-state index contributed by atoms with van der Waals surface area (Å²) in [6.07, 6.45) is 2.70. The molecule has 0 fully saturated rings. The molecule has 0 bridgehead atoms. The maximum absolute atomic E-state index is 13.5. The summed E-state index contributed by atoms with van der Waals surface area (Å²) in [6, 6.07) is 4.32. The minimum atomic E-state index is -0.697. The fraction of sp³-hybridized carbons (Fsp3) is 0.350. The number of hydrogen-bond acceptors (Lipinski definition) is 4. The van der Waals surface area contributed by atoms with E-state index in [0.29, 0.717) is 40.1 Å². The molecule has 0 aliphatic heterocycles. The first kappa shape index (κ1) is 21.6. The first-order valence-corrected chi connectivity index (χ1v) is 9.19. The average molecular weight is 408 g/mol. The van der Waals surface area contributed by atoms with Gasteiger partial charge in [0.05, 0.1) is 5.69 Å². The normalized spacial score (nSPS) is 11.2. The van der Waals surface area contributed by atoms with E-state index in [1.54, 1.807) is 30.7 Å². The highest BCUT2D eigenvalue weighted by Gasteiger charge is 2.13. The number of rotatable bonds is 7. The van der Waals surface area contributed by atoms with E-state index in [-0.39, 0.29) is 0 Å². The second kappa shape index (κ2) is 9.50. The fourth-order valence-corrected chi connectivity index (χ4v) is 2.73. The van der Waals surface area contributed by atoms with Gasteiger partial charge in [-0.1, -0.05) is 31.5 Å². The van der Waals surface area contributed by atoms with Crippen LogP contribution < -0.4 is 5.32 Å². The van der Waals surface area contributed by atoms with Crippen molar-refractivity contribution < 1.29 is 18.7 Å². The number of halogens is 2. The molecule has 2 rings (SSSR count). The molecule has 28 heavy (non-hydrogen) atoms. The lowest BCUT2D eigenvalue weighted by Crippen LogP contribution is -2.20. The van der Waals surface area contributed by atoms with E-state index in [2.05, 4.69) is 24.3 Å². The highest BCUT2D eigenvalue weighted by Crippen LogP contribution is 2.22. The smallest absolute Gasteiger partial charge is 0.331 e. The van der Waals surface area contributed by atoms with Crippen molar-refractivity contribution >= 4 is 35.2 Å². The predicted molar refractivity (Wildman–Crippen MR) is 107 cm³/mol. The molecule has 8 heteroatoms. The number of carbonyl (C=O) groups excluding carboxylic acids is 2. The fourth-order valence-electron chi connectivity index (χ4n) is 2.43. The maximum Gasteiger partial charge on any atom is 0.331 e. The van der Waals surface area contributed by atoms with Crippen LogP contribution in [-0.4, -0.2) is 28.3 Å². The summed E-state index contributed by atoms with van der Waals surface area (Å²) in [5, 5.41) is 7.25. The highest BCUT2D eigenvalue weighted by molar-refractivity contribution is 6.31. The molecule has 0 saturated carbocycles. The molecule has 1 amide bonds. The third-order valence-electron chi connectivity index (χ3n) is 3.83. The predicted octanol–water partition coefficient (Wildman–Crippen LogP) is 4.14. The van der Waals surface area contributed by atoms with E-state index in [9.17, 15) is 14.0 Å². The Morgan fingerprint density at radius 2 is 2.07 bits per heavy atom. The molecule has 150 valence electrons. The summed E-state index contributed by atoms with van der Waals surface area (Å²) in [4.78, 5) is 23.7. The number of ether oxygens (including phenoxy) is 1. The van der Waals surface area contributed by atoms with Crippen LogP contribution in [0.15, 0.2) is 24.3 Å². The number of benzene rings is 1. The van der Waals surface area contributed by atoms with E-state index >= 15 is 0 Å². The minimum absolute atomic E-state index is 0.291. The van der Waals surface area contributed by atoms with Gasteiger partial charge in [0.15, 0.2) is 6.61 Å². The van der Waals surface area contributed by atoms with E-state index in [1.807, 2.05) is 0 Å². The second-order valence-electron chi connectivity index (χ2n) is 6.82. The Kier molecular flexibility index (Phi) is 7.34. The number of nitrogens with one attached hydrogen (secondary N) is 1. The Bertz CT molecular complexity index is 906. The van der Waals surface area contributed by atoms with Crippen molar-refractivity contribution in [2.24, 2.45) is 5.92 Å². The maximum atomic E-state index is 13.5. The zero-order valence-corrected chi connectivity index (χ0v) is 17.0. The molecule has 1 aromatic heterocycles. The molecule has 0 unspecified atom stereocenters. The lowest BCUT2D eigenvalue weighted by atomic mass is 10.2. The Morgan fingerprint density at radius 1 is 1.36 bits per heavy atom. The quantitative estimate of drug-likeness (QED) is 0.553. The van der Waals surface area contributed by atoms with Crippen LogP contribution in [0.3, 0.4) is 0 Å². The number of aromatic nitrogens is 2. The van der Waals surface area contributed by atoms with Crippen LogP contribution in [0.5, 0.6) is 0 Å². The van der Waals surface area contributed by atoms with Gasteiger partial charge in [0.2, 0.25) is 0 Å². The van der Waals surface area contributed by atoms with Crippen molar-refractivity contribution in [3.63, 3.8) is 0 Å². The summed E-state index contributed by atoms with van der Waals surface area (Å²) in [5.74, 6) is -1.32. The van der Waals surface area contributed by atoms with Gasteiger partial charge in [0.1, 0.15) is 11.0 Å². The van der Waals surface area contributed by atoms with Crippen molar-refractivity contribution in [2.45, 2.75) is 34.2 Å². The standard InChI is InChI=1S/C20H23ClFN3O3/c1-12(2)10-25-20(21)16(14(4)24-25)7-8-19(27)28-11-18(26)23-15-6-5-13(3)17(22)9-15/h5-9,12H,10-11H2,1-4H3,(H,23,26)/b8-7+. The van der Waals surface area contributed by atoms with E-state index in [0.717, 1.165) is 0 Å². The molecular formula is C20H23ClFN3O3. The highest BCUT2D eigenvalue weighted by atomic mass is 35.5. The van der Waals surface area contributed by atoms with Crippen molar-refractivity contribution in [1.29, 1.82) is 0 Å². The van der Waals surface area contributed by atoms with Crippen molar-refractivity contribution in [3.05, 3.63) is 52.1 Å². The van der Waals surface area contributed by atoms with Crippen LogP contribution >= 0.6 is 11.6 Å². The molecule has 1 heterocycles. The van der Waals surface area contributed by atoms with Gasteiger partial charge in [-0.2, -0.15) is 5.10 Å². The van der Waals surface area contributed by atoms with Crippen molar-refractivity contribution in [1.82, 2.24) is 9.78 Å². The lowest BCUT2D eigenvalue weighted by Gasteiger charge is -2.06. The topological polar surface area (TPSA) is 73.2 Å². The van der Waals surface area contributed by atoms with Crippen LogP contribution in [0, 0.1) is 25.6 Å². The third kappa shape index (κ3) is 5.92. The molecule has 0 saturated heterocycles. The van der Waals surface area contributed by atoms with Crippen LogP contribution in [0.4, 0.5) is 10.1 Å². The molecule has 6 nitrogen and oxygen atoms in total. The van der Waals surface area contributed by atoms with Crippen molar-refractivity contribution in [3.8, 4) is 0 Å². The van der Waals surface area contributed by atoms with Gasteiger partial charge in [-0.25, -0.2) is 9.18 Å². The number of carbonyl (C=O) groups is 2. The summed E-state index contributed by atoms with van der Waals surface area (Å²) < 4.78 is 20.1. The summed E-state index contributed by atoms with van der Waals surface area (Å²) in [5.41, 5.74) is 2.08. The first-order chi connectivity index (χ1) is 13.2. The number of anilines is 1. The Hall–Kier alpha value is -2.67. The van der Waals surface area contributed by atoms with Crippen LogP contribution in [0.2, 0.25) is 5.15 Å². The molecular weight excluding hydrogens is 385 g/mol. The van der Waals surface area contributed by atoms with Gasteiger partial charge in [0, 0.05) is 23.9 Å². The summed E-state index contributed by atoms with van der Waals surface area (Å²) >= 11 is 6.30. The average Bonchev–Trinajstić information content (AvgIpc) is 2.87. The number of aryl methyl sites for hydroxylation is 2. The van der Waals surface area contributed by atoms with Gasteiger partial charge in [0.25, 0.3) is 5.91 Å². The van der Waals surface area contributed by atoms with Crippen LogP contribution in [-0.2, 0) is 20.9 Å². The second-order valence-corrected chi connectivity index (χ2v) is 7.18. The Morgan fingerprint density at radius 3 is 2.71 bits per heavy atom. The number of esters is 1. The van der Waals surface area contributed by atoms with Gasteiger partial charge < -0.3 is 10.1 Å². The first-order valence-electron chi connectivity index (χ1n) is 8.81. The molecule has 0 aliphatic rings. The van der Waals surface area contributed by atoms with Gasteiger partial charge in [-0.15, -0.1) is 0 Å². The Labute approximate surface area is 168 Å². The molecule has 1 aromatic carbocycles. The summed E-state index contributed by atoms with van der Waals surface area (Å²) in [6.45, 7) is 7.69. The van der Waals surface area contributed by atoms with Crippen molar-refractivity contribution in [2.75, 3.05) is 11.9 Å². The van der Waals surface area contributed by atoms with E-state index < -0.39 is 24.3 Å². The zero-order chi connectivity index (χ0) is 20.8. The zero-order valence-electron chi connectivity index (χ0n) is 16.3. The molecule has 0 radical (unpaired) electrons. The largest absolute Gasteiger partial charge is 0.452 e. The van der Waals surface area contributed by atoms with Gasteiger partial charge in [-0.05, 0) is 43.5 Å². The van der Waals surface area contributed by atoms with Gasteiger partial charge in [-0.3, -0.25) is 9.48 Å². The molecule has 1 N–H and O–H groups in total. The number of nitrogens with zero attached hydrogens (tertiary/aromatic N) is 2. The molecule has 2 aromatic rings. The number of amides is 1. The molecule has 0 spiro atoms. The molecule has 0 aliphatic carbocycles. The monoisotopic (exact) mass is 407 g/mol. The Balaban J connectivity index is 1.90. The van der Waals surface area contributed by atoms with Gasteiger partial charge >= 0.3 is 5.97 Å². The van der Waals surface area contributed by atoms with E-state index in [4.69, 9.17) is 16.3 Å². The van der Waals surface area contributed by atoms with Crippen LogP contribution in [0.25, 0.3) is 6.08 Å². The SMILES string of the molecule is Cc1ccc(NC(=O)COC(=O)/C=C/c2c(C)nn(CC(C)C)c2Cl)cc1F.